The summed E-state index contributed by atoms with van der Waals surface area (Å²) in [5.41, 5.74) is 3.92. The van der Waals surface area contributed by atoms with Crippen LogP contribution in [0.15, 0.2) is 40.0 Å². The number of H-pyrrole nitrogens is 1. The zero-order chi connectivity index (χ0) is 18.8. The number of para-hydroxylation sites is 1. The number of nitrogens with one attached hydrogen (secondary N) is 2. The van der Waals surface area contributed by atoms with Crippen LogP contribution in [0.2, 0.25) is 0 Å². The van der Waals surface area contributed by atoms with Crippen molar-refractivity contribution in [3.05, 3.63) is 63.2 Å². The molecular formula is C20H23N3O2S. The minimum absolute atomic E-state index is 0.151. The molecule has 3 aromatic rings. The van der Waals surface area contributed by atoms with Gasteiger partial charge in [0.15, 0.2) is 0 Å². The van der Waals surface area contributed by atoms with Gasteiger partial charge < -0.3 is 14.9 Å². The van der Waals surface area contributed by atoms with E-state index in [9.17, 15) is 9.59 Å². The molecule has 5 nitrogen and oxygen atoms in total. The van der Waals surface area contributed by atoms with Crippen LogP contribution in [-0.4, -0.2) is 21.7 Å². The van der Waals surface area contributed by atoms with Crippen molar-refractivity contribution in [3.8, 4) is 0 Å². The number of carbonyl (C=O) groups excluding carboxylic acids is 1. The van der Waals surface area contributed by atoms with Gasteiger partial charge in [0, 0.05) is 45.8 Å². The van der Waals surface area contributed by atoms with Crippen molar-refractivity contribution < 1.29 is 4.79 Å². The molecule has 1 aromatic carbocycles. The highest BCUT2D eigenvalue weighted by molar-refractivity contribution is 7.98. The number of pyridine rings is 1. The smallest absolute Gasteiger partial charge is 0.254 e. The van der Waals surface area contributed by atoms with Crippen molar-refractivity contribution in [3.63, 3.8) is 0 Å². The quantitative estimate of drug-likeness (QED) is 0.675. The maximum atomic E-state index is 12.9. The molecule has 26 heavy (non-hydrogen) atoms. The van der Waals surface area contributed by atoms with Gasteiger partial charge >= 0.3 is 0 Å². The molecule has 6 heteroatoms. The first kappa shape index (κ1) is 18.3. The number of fused-ring (bicyclic) bond motifs is 1. The standard InChI is InChI=1S/C20H23N3O2S/c1-5-23-13(3)18(14-8-6-7-9-16(14)23)20(25)21-11-15-17(26-4)10-12(2)22-19(15)24/h6-10H,5,11H2,1-4H3,(H,21,25)(H,22,24). The van der Waals surface area contributed by atoms with Crippen LogP contribution in [0, 0.1) is 13.8 Å². The fourth-order valence-electron chi connectivity index (χ4n) is 3.42. The summed E-state index contributed by atoms with van der Waals surface area (Å²) >= 11 is 1.51. The molecule has 0 saturated carbocycles. The normalized spacial score (nSPS) is 11.1. The van der Waals surface area contributed by atoms with Gasteiger partial charge in [0.25, 0.3) is 11.5 Å². The first-order valence-corrected chi connectivity index (χ1v) is 9.83. The number of hydrogen-bond acceptors (Lipinski definition) is 3. The molecule has 2 N–H and O–H groups in total. The number of aromatic nitrogens is 2. The second-order valence-electron chi connectivity index (χ2n) is 6.23. The van der Waals surface area contributed by atoms with Crippen molar-refractivity contribution >= 4 is 28.6 Å². The van der Waals surface area contributed by atoms with E-state index < -0.39 is 0 Å². The van der Waals surface area contributed by atoms with Gasteiger partial charge in [-0.1, -0.05) is 18.2 Å². The largest absolute Gasteiger partial charge is 0.348 e. The van der Waals surface area contributed by atoms with E-state index in [-0.39, 0.29) is 18.0 Å². The molecule has 0 aliphatic carbocycles. The summed E-state index contributed by atoms with van der Waals surface area (Å²) in [6.07, 6.45) is 1.93. The molecule has 0 bridgehead atoms. The molecule has 0 spiro atoms. The average Bonchev–Trinajstić information content (AvgIpc) is 2.91. The number of benzene rings is 1. The number of thioether (sulfide) groups is 1. The number of aromatic amines is 1. The Labute approximate surface area is 156 Å². The minimum Gasteiger partial charge on any atom is -0.348 e. The van der Waals surface area contributed by atoms with Gasteiger partial charge in [0.05, 0.1) is 5.56 Å². The van der Waals surface area contributed by atoms with E-state index in [1.807, 2.05) is 50.4 Å². The van der Waals surface area contributed by atoms with Crippen molar-refractivity contribution in [2.75, 3.05) is 6.26 Å². The Hall–Kier alpha value is -2.47. The van der Waals surface area contributed by atoms with Crippen molar-refractivity contribution in [2.24, 2.45) is 0 Å². The van der Waals surface area contributed by atoms with Crippen LogP contribution < -0.4 is 10.9 Å². The molecule has 1 amide bonds. The van der Waals surface area contributed by atoms with Crippen molar-refractivity contribution in [1.82, 2.24) is 14.9 Å². The zero-order valence-electron chi connectivity index (χ0n) is 15.5. The van der Waals surface area contributed by atoms with Gasteiger partial charge in [0.1, 0.15) is 0 Å². The monoisotopic (exact) mass is 369 g/mol. The lowest BCUT2D eigenvalue weighted by Crippen LogP contribution is -2.28. The predicted molar refractivity (Wildman–Crippen MR) is 107 cm³/mol. The second kappa shape index (κ2) is 7.41. The molecule has 0 atom stereocenters. The summed E-state index contributed by atoms with van der Waals surface area (Å²) < 4.78 is 2.14. The highest BCUT2D eigenvalue weighted by atomic mass is 32.2. The average molecular weight is 369 g/mol. The number of nitrogens with zero attached hydrogens (tertiary/aromatic N) is 1. The van der Waals surface area contributed by atoms with E-state index in [1.165, 1.54) is 11.8 Å². The molecule has 0 aliphatic heterocycles. The van der Waals surface area contributed by atoms with Crippen molar-refractivity contribution in [1.29, 1.82) is 0 Å². The summed E-state index contributed by atoms with van der Waals surface area (Å²) in [4.78, 5) is 28.9. The van der Waals surface area contributed by atoms with Crippen LogP contribution in [0.4, 0.5) is 0 Å². The van der Waals surface area contributed by atoms with E-state index in [4.69, 9.17) is 0 Å². The fourth-order valence-corrected chi connectivity index (χ4v) is 4.12. The number of rotatable bonds is 5. The Morgan fingerprint density at radius 1 is 1.27 bits per heavy atom. The highest BCUT2D eigenvalue weighted by Gasteiger charge is 2.19. The third-order valence-electron chi connectivity index (χ3n) is 4.65. The minimum atomic E-state index is -0.155. The number of aryl methyl sites for hydroxylation is 2. The van der Waals surface area contributed by atoms with Gasteiger partial charge in [-0.2, -0.15) is 0 Å². The molecule has 0 unspecified atom stereocenters. The first-order chi connectivity index (χ1) is 12.5. The summed E-state index contributed by atoms with van der Waals surface area (Å²) in [7, 11) is 0. The Bertz CT molecular complexity index is 1030. The van der Waals surface area contributed by atoms with E-state index >= 15 is 0 Å². The Balaban J connectivity index is 1.95. The lowest BCUT2D eigenvalue weighted by atomic mass is 10.1. The maximum Gasteiger partial charge on any atom is 0.254 e. The van der Waals surface area contributed by atoms with Gasteiger partial charge in [-0.15, -0.1) is 11.8 Å². The number of amides is 1. The fraction of sp³-hybridized carbons (Fsp3) is 0.300. The summed E-state index contributed by atoms with van der Waals surface area (Å²) in [6.45, 7) is 6.89. The van der Waals surface area contributed by atoms with Crippen LogP contribution in [0.5, 0.6) is 0 Å². The van der Waals surface area contributed by atoms with E-state index in [0.29, 0.717) is 11.1 Å². The third kappa shape index (κ3) is 3.17. The van der Waals surface area contributed by atoms with Crippen LogP contribution in [0.3, 0.4) is 0 Å². The molecule has 3 rings (SSSR count). The first-order valence-electron chi connectivity index (χ1n) is 8.60. The van der Waals surface area contributed by atoms with Crippen molar-refractivity contribution in [2.45, 2.75) is 38.8 Å². The molecule has 0 aliphatic rings. The van der Waals surface area contributed by atoms with E-state index in [0.717, 1.165) is 33.7 Å². The summed E-state index contributed by atoms with van der Waals surface area (Å²) in [5, 5.41) is 3.87. The predicted octanol–water partition coefficient (Wildman–Crippen LogP) is 3.62. The topological polar surface area (TPSA) is 66.9 Å². The highest BCUT2D eigenvalue weighted by Crippen LogP contribution is 2.26. The Morgan fingerprint density at radius 2 is 2.00 bits per heavy atom. The lowest BCUT2D eigenvalue weighted by molar-refractivity contribution is 0.0951. The van der Waals surface area contributed by atoms with Gasteiger partial charge in [0.2, 0.25) is 0 Å². The van der Waals surface area contributed by atoms with Crippen LogP contribution in [0.25, 0.3) is 10.9 Å². The number of hydrogen-bond donors (Lipinski definition) is 2. The zero-order valence-corrected chi connectivity index (χ0v) is 16.3. The molecule has 0 radical (unpaired) electrons. The molecule has 0 saturated heterocycles. The van der Waals surface area contributed by atoms with Gasteiger partial charge in [-0.3, -0.25) is 9.59 Å². The Kier molecular flexibility index (Phi) is 5.23. The summed E-state index contributed by atoms with van der Waals surface area (Å²) in [5.74, 6) is -0.155. The van der Waals surface area contributed by atoms with E-state index in [2.05, 4.69) is 21.8 Å². The summed E-state index contributed by atoms with van der Waals surface area (Å²) in [6, 6.07) is 9.84. The maximum absolute atomic E-state index is 12.9. The third-order valence-corrected chi connectivity index (χ3v) is 5.45. The molecular weight excluding hydrogens is 346 g/mol. The van der Waals surface area contributed by atoms with Crippen LogP contribution in [-0.2, 0) is 13.1 Å². The Morgan fingerprint density at radius 3 is 2.69 bits per heavy atom. The van der Waals surface area contributed by atoms with E-state index in [1.54, 1.807) is 0 Å². The van der Waals surface area contributed by atoms with Crippen LogP contribution >= 0.6 is 11.8 Å². The second-order valence-corrected chi connectivity index (χ2v) is 7.08. The molecule has 0 fully saturated rings. The van der Waals surface area contributed by atoms with Gasteiger partial charge in [-0.05, 0) is 39.2 Å². The SMILES string of the molecule is CCn1c(C)c(C(=O)NCc2c(SC)cc(C)[nH]c2=O)c2ccccc21. The van der Waals surface area contributed by atoms with Gasteiger partial charge in [-0.25, -0.2) is 0 Å². The molecule has 136 valence electrons. The number of carbonyl (C=O) groups is 1. The molecule has 2 heterocycles. The lowest BCUT2D eigenvalue weighted by Gasteiger charge is -2.10. The molecule has 2 aromatic heterocycles. The van der Waals surface area contributed by atoms with Crippen LogP contribution in [0.1, 0.15) is 34.2 Å².